The van der Waals surface area contributed by atoms with E-state index in [0.717, 1.165) is 23.1 Å². The zero-order valence-corrected chi connectivity index (χ0v) is 16.2. The summed E-state index contributed by atoms with van der Waals surface area (Å²) >= 11 is 1.62. The summed E-state index contributed by atoms with van der Waals surface area (Å²) in [4.78, 5) is 21.4. The average molecular weight is 369 g/mol. The van der Waals surface area contributed by atoms with Crippen LogP contribution in [0.15, 0.2) is 48.7 Å². The largest absolute Gasteiger partial charge is 0.310 e. The predicted molar refractivity (Wildman–Crippen MR) is 109 cm³/mol. The minimum atomic E-state index is -0.0284. The maximum atomic E-state index is 12.4. The van der Waals surface area contributed by atoms with Gasteiger partial charge in [-0.15, -0.1) is 11.8 Å². The number of aromatic nitrogens is 3. The Morgan fingerprint density at radius 2 is 1.92 bits per heavy atom. The van der Waals surface area contributed by atoms with Gasteiger partial charge in [0, 0.05) is 29.6 Å². The van der Waals surface area contributed by atoms with E-state index in [1.165, 1.54) is 0 Å². The van der Waals surface area contributed by atoms with Crippen molar-refractivity contribution in [3.8, 4) is 0 Å². The van der Waals surface area contributed by atoms with Gasteiger partial charge in [-0.05, 0) is 24.3 Å². The summed E-state index contributed by atoms with van der Waals surface area (Å²) in [7, 11) is 0. The number of thioether (sulfide) groups is 1. The van der Waals surface area contributed by atoms with Gasteiger partial charge in [-0.1, -0.05) is 39.0 Å². The van der Waals surface area contributed by atoms with Crippen LogP contribution in [0.3, 0.4) is 0 Å². The maximum absolute atomic E-state index is 12.4. The lowest BCUT2D eigenvalue weighted by Crippen LogP contribution is -2.21. The van der Waals surface area contributed by atoms with Crippen LogP contribution in [0.1, 0.15) is 26.5 Å². The van der Waals surface area contributed by atoms with Gasteiger partial charge in [0.1, 0.15) is 0 Å². The molecule has 136 valence electrons. The molecule has 3 aromatic rings. The number of fused-ring (bicyclic) bond motifs is 1. The zero-order chi connectivity index (χ0) is 18.6. The molecule has 1 N–H and O–H groups in total. The van der Waals surface area contributed by atoms with Crippen molar-refractivity contribution >= 4 is 34.7 Å². The molecule has 0 aliphatic rings. The maximum Gasteiger partial charge on any atom is 0.236 e. The summed E-state index contributed by atoms with van der Waals surface area (Å²) < 4.78 is 2.11. The molecule has 0 aliphatic carbocycles. The molecule has 0 fully saturated rings. The van der Waals surface area contributed by atoms with E-state index in [1.807, 2.05) is 42.5 Å². The fourth-order valence-electron chi connectivity index (χ4n) is 2.61. The first kappa shape index (κ1) is 18.5. The second kappa shape index (κ2) is 7.91. The molecule has 0 saturated heterocycles. The number of rotatable bonds is 6. The second-order valence-electron chi connectivity index (χ2n) is 7.10. The van der Waals surface area contributed by atoms with Crippen molar-refractivity contribution in [1.29, 1.82) is 0 Å². The summed E-state index contributed by atoms with van der Waals surface area (Å²) in [5.74, 6) is 0.980. The molecule has 0 atom stereocenters. The standard InChI is InChI=1S/C20H24N4OS/c1-20(2,3)26-14-18(25)23-19-22-16-9-4-5-10-17(16)24(19)13-11-15-8-6-7-12-21-15/h4-10,12H,11,13-14H2,1-3H3,(H,22,23,25). The number of carbonyl (C=O) groups excluding carboxylic acids is 1. The van der Waals surface area contributed by atoms with Crippen molar-refractivity contribution < 1.29 is 4.79 Å². The van der Waals surface area contributed by atoms with Crippen LogP contribution in [0.2, 0.25) is 0 Å². The van der Waals surface area contributed by atoms with E-state index in [9.17, 15) is 4.79 Å². The smallest absolute Gasteiger partial charge is 0.236 e. The van der Waals surface area contributed by atoms with E-state index in [4.69, 9.17) is 0 Å². The van der Waals surface area contributed by atoms with E-state index in [2.05, 4.69) is 40.6 Å². The number of imidazole rings is 1. The Morgan fingerprint density at radius 3 is 2.65 bits per heavy atom. The van der Waals surface area contributed by atoms with Crippen molar-refractivity contribution in [3.05, 3.63) is 54.4 Å². The van der Waals surface area contributed by atoms with Gasteiger partial charge in [-0.3, -0.25) is 15.1 Å². The highest BCUT2D eigenvalue weighted by molar-refractivity contribution is 8.01. The SMILES string of the molecule is CC(C)(C)SCC(=O)Nc1nc2ccccc2n1CCc1ccccn1. The molecule has 3 rings (SSSR count). The number of amides is 1. The molecule has 26 heavy (non-hydrogen) atoms. The van der Waals surface area contributed by atoms with Crippen LogP contribution in [0.5, 0.6) is 0 Å². The topological polar surface area (TPSA) is 59.8 Å². The molecule has 0 radical (unpaired) electrons. The molecule has 2 aromatic heterocycles. The first-order chi connectivity index (χ1) is 12.4. The molecule has 0 bridgehead atoms. The fourth-order valence-corrected chi connectivity index (χ4v) is 3.25. The molecule has 1 amide bonds. The molecule has 2 heterocycles. The van der Waals surface area contributed by atoms with Crippen LogP contribution in [0.4, 0.5) is 5.95 Å². The Hall–Kier alpha value is -2.34. The molecule has 0 spiro atoms. The molecule has 0 unspecified atom stereocenters. The Labute approximate surface area is 158 Å². The van der Waals surface area contributed by atoms with Crippen molar-refractivity contribution in [2.24, 2.45) is 0 Å². The van der Waals surface area contributed by atoms with Gasteiger partial charge in [-0.25, -0.2) is 4.98 Å². The molecule has 0 saturated carbocycles. The number of hydrogen-bond acceptors (Lipinski definition) is 4. The van der Waals surface area contributed by atoms with Gasteiger partial charge in [-0.2, -0.15) is 0 Å². The lowest BCUT2D eigenvalue weighted by molar-refractivity contribution is -0.113. The van der Waals surface area contributed by atoms with Crippen LogP contribution in [-0.4, -0.2) is 30.9 Å². The van der Waals surface area contributed by atoms with Gasteiger partial charge >= 0.3 is 0 Å². The van der Waals surface area contributed by atoms with Crippen LogP contribution in [-0.2, 0) is 17.8 Å². The van der Waals surface area contributed by atoms with Crippen molar-refractivity contribution in [3.63, 3.8) is 0 Å². The Morgan fingerprint density at radius 1 is 1.15 bits per heavy atom. The molecule has 0 aliphatic heterocycles. The van der Waals surface area contributed by atoms with Crippen LogP contribution in [0.25, 0.3) is 11.0 Å². The summed E-state index contributed by atoms with van der Waals surface area (Å²) in [5, 5.41) is 2.98. The summed E-state index contributed by atoms with van der Waals surface area (Å²) in [6, 6.07) is 13.8. The number of para-hydroxylation sites is 2. The Kier molecular flexibility index (Phi) is 5.61. The molecule has 6 heteroatoms. The van der Waals surface area contributed by atoms with E-state index in [-0.39, 0.29) is 10.7 Å². The first-order valence-electron chi connectivity index (χ1n) is 8.71. The summed E-state index contributed by atoms with van der Waals surface area (Å²) in [5.41, 5.74) is 2.92. The van der Waals surface area contributed by atoms with E-state index < -0.39 is 0 Å². The monoisotopic (exact) mass is 368 g/mol. The van der Waals surface area contributed by atoms with E-state index >= 15 is 0 Å². The van der Waals surface area contributed by atoms with Crippen LogP contribution in [0, 0.1) is 0 Å². The lowest BCUT2D eigenvalue weighted by atomic mass is 10.2. The predicted octanol–water partition coefficient (Wildman–Crippen LogP) is 4.14. The Bertz CT molecular complexity index is 884. The van der Waals surface area contributed by atoms with E-state index in [1.54, 1.807) is 18.0 Å². The van der Waals surface area contributed by atoms with Gasteiger partial charge in [0.15, 0.2) is 0 Å². The summed E-state index contributed by atoms with van der Waals surface area (Å²) in [6.45, 7) is 7.02. The summed E-state index contributed by atoms with van der Waals surface area (Å²) in [6.07, 6.45) is 2.58. The zero-order valence-electron chi connectivity index (χ0n) is 15.4. The highest BCUT2D eigenvalue weighted by Gasteiger charge is 2.16. The number of nitrogens with zero attached hydrogens (tertiary/aromatic N) is 3. The van der Waals surface area contributed by atoms with Crippen molar-refractivity contribution in [2.45, 2.75) is 38.5 Å². The number of carbonyl (C=O) groups is 1. The molecule has 1 aromatic carbocycles. The number of pyridine rings is 1. The van der Waals surface area contributed by atoms with Gasteiger partial charge in [0.2, 0.25) is 11.9 Å². The third-order valence-electron chi connectivity index (χ3n) is 3.86. The highest BCUT2D eigenvalue weighted by Crippen LogP contribution is 2.24. The quantitative estimate of drug-likeness (QED) is 0.710. The van der Waals surface area contributed by atoms with Crippen LogP contribution >= 0.6 is 11.8 Å². The minimum absolute atomic E-state index is 0.0284. The van der Waals surface area contributed by atoms with Crippen molar-refractivity contribution in [1.82, 2.24) is 14.5 Å². The number of anilines is 1. The highest BCUT2D eigenvalue weighted by atomic mass is 32.2. The minimum Gasteiger partial charge on any atom is -0.310 e. The van der Waals surface area contributed by atoms with Crippen molar-refractivity contribution in [2.75, 3.05) is 11.1 Å². The number of aryl methyl sites for hydroxylation is 2. The second-order valence-corrected chi connectivity index (χ2v) is 8.90. The van der Waals surface area contributed by atoms with E-state index in [0.29, 0.717) is 18.2 Å². The van der Waals surface area contributed by atoms with Gasteiger partial charge in [0.05, 0.1) is 16.8 Å². The third-order valence-corrected chi connectivity index (χ3v) is 5.13. The normalized spacial score (nSPS) is 11.7. The number of hydrogen-bond donors (Lipinski definition) is 1. The lowest BCUT2D eigenvalue weighted by Gasteiger charge is -2.17. The Balaban J connectivity index is 1.79. The molecular formula is C20H24N4OS. The average Bonchev–Trinajstić information content (AvgIpc) is 2.95. The molecular weight excluding hydrogens is 344 g/mol. The fraction of sp³-hybridized carbons (Fsp3) is 0.350. The van der Waals surface area contributed by atoms with Crippen LogP contribution < -0.4 is 5.32 Å². The third kappa shape index (κ3) is 4.85. The number of benzene rings is 1. The van der Waals surface area contributed by atoms with Gasteiger partial charge in [0.25, 0.3) is 0 Å². The number of nitrogens with one attached hydrogen (secondary N) is 1. The van der Waals surface area contributed by atoms with Gasteiger partial charge < -0.3 is 4.57 Å². The first-order valence-corrected chi connectivity index (χ1v) is 9.70. The molecule has 5 nitrogen and oxygen atoms in total.